The van der Waals surface area contributed by atoms with Gasteiger partial charge >= 0.3 is 11.9 Å². The summed E-state index contributed by atoms with van der Waals surface area (Å²) in [7, 11) is 0. The maximum atomic E-state index is 13.4. The molecule has 1 saturated heterocycles. The fourth-order valence-electron chi connectivity index (χ4n) is 5.73. The molecule has 2 aliphatic heterocycles. The van der Waals surface area contributed by atoms with Crippen LogP contribution in [0.5, 0.6) is 11.5 Å². The topological polar surface area (TPSA) is 118 Å². The lowest BCUT2D eigenvalue weighted by molar-refractivity contribution is -0.147. The van der Waals surface area contributed by atoms with E-state index >= 15 is 0 Å². The number of carbonyl (C=O) groups excluding carboxylic acids is 1. The van der Waals surface area contributed by atoms with Gasteiger partial charge in [0.25, 0.3) is 0 Å². The van der Waals surface area contributed by atoms with Crippen molar-refractivity contribution in [3.63, 3.8) is 0 Å². The van der Waals surface area contributed by atoms with E-state index in [0.717, 1.165) is 37.2 Å². The molecule has 226 valence electrons. The summed E-state index contributed by atoms with van der Waals surface area (Å²) in [6, 6.07) is 19.8. The van der Waals surface area contributed by atoms with E-state index in [1.54, 1.807) is 31.2 Å². The molecule has 0 aromatic heterocycles. The van der Waals surface area contributed by atoms with Crippen LogP contribution in [0, 0.1) is 12.8 Å². The van der Waals surface area contributed by atoms with Gasteiger partial charge in [-0.05, 0) is 87.7 Å². The number of aliphatic hydroxyl groups is 1. The molecule has 2 heterocycles. The SMILES string of the molecule is CCOC(=O)C1(c2ccccc2C(=O)O)C=c2c(OCC(O)CN3CCC(COc4ccccc4)CC3)cc(C)cc2=N1. The summed E-state index contributed by atoms with van der Waals surface area (Å²) in [6.45, 7) is 6.66. The number of carboxylic acids is 1. The van der Waals surface area contributed by atoms with E-state index in [1.165, 1.54) is 6.07 Å². The standard InChI is InChI=1S/C34H38N2O7/c1-3-41-33(40)34(29-12-8-7-11-27(29)32(38)39)19-28-30(35-34)17-23(2)18-31(28)43-22-25(37)20-36-15-13-24(14-16-36)21-42-26-9-5-4-6-10-26/h4-12,17-19,24-25,37H,3,13-16,20-22H2,1-2H3,(H,38,39). The maximum absolute atomic E-state index is 13.4. The Morgan fingerprint density at radius 1 is 1.05 bits per heavy atom. The summed E-state index contributed by atoms with van der Waals surface area (Å²) in [5, 5.41) is 21.8. The van der Waals surface area contributed by atoms with E-state index in [2.05, 4.69) is 4.90 Å². The van der Waals surface area contributed by atoms with Crippen LogP contribution in [-0.4, -0.2) is 72.6 Å². The molecule has 0 amide bonds. The molecule has 2 N–H and O–H groups in total. The van der Waals surface area contributed by atoms with Gasteiger partial charge in [0.15, 0.2) is 0 Å². The zero-order valence-electron chi connectivity index (χ0n) is 24.6. The first kappa shape index (κ1) is 30.3. The molecule has 0 saturated carbocycles. The minimum absolute atomic E-state index is 0.0339. The molecule has 9 nitrogen and oxygen atoms in total. The number of hydrogen-bond donors (Lipinski definition) is 2. The molecule has 5 rings (SSSR count). The highest BCUT2D eigenvalue weighted by molar-refractivity contribution is 5.98. The molecular formula is C34H38N2O7. The number of aliphatic hydroxyl groups excluding tert-OH is 1. The fourth-order valence-corrected chi connectivity index (χ4v) is 5.73. The maximum Gasteiger partial charge on any atom is 0.342 e. The summed E-state index contributed by atoms with van der Waals surface area (Å²) < 4.78 is 17.5. The van der Waals surface area contributed by atoms with Crippen molar-refractivity contribution in [1.82, 2.24) is 4.90 Å². The molecule has 2 unspecified atom stereocenters. The van der Waals surface area contributed by atoms with Crippen LogP contribution >= 0.6 is 0 Å². The van der Waals surface area contributed by atoms with Crippen molar-refractivity contribution in [3.05, 3.63) is 94.0 Å². The van der Waals surface area contributed by atoms with Gasteiger partial charge < -0.3 is 29.3 Å². The number of piperidine rings is 1. The summed E-state index contributed by atoms with van der Waals surface area (Å²) in [6.07, 6.45) is 2.88. The number of aromatic carboxylic acids is 1. The van der Waals surface area contributed by atoms with Gasteiger partial charge in [-0.1, -0.05) is 36.4 Å². The number of β-amino-alcohol motifs (C(OH)–C–C–N with tert-alkyl or cyclic N) is 1. The average molecular weight is 587 g/mol. The number of para-hydroxylation sites is 1. The molecule has 3 aromatic rings. The summed E-state index contributed by atoms with van der Waals surface area (Å²) in [5.41, 5.74) is -0.634. The van der Waals surface area contributed by atoms with Crippen molar-refractivity contribution >= 4 is 18.0 Å². The van der Waals surface area contributed by atoms with Crippen LogP contribution in [0.4, 0.5) is 0 Å². The number of nitrogens with zero attached hydrogens (tertiary/aromatic N) is 2. The Morgan fingerprint density at radius 3 is 2.49 bits per heavy atom. The van der Waals surface area contributed by atoms with Crippen molar-refractivity contribution in [2.75, 3.05) is 39.5 Å². The van der Waals surface area contributed by atoms with E-state index in [0.29, 0.717) is 35.4 Å². The Kier molecular flexibility index (Phi) is 9.43. The average Bonchev–Trinajstić information content (AvgIpc) is 3.41. The Bertz CT molecular complexity index is 1570. The van der Waals surface area contributed by atoms with E-state index < -0.39 is 23.6 Å². The van der Waals surface area contributed by atoms with Crippen molar-refractivity contribution in [3.8, 4) is 11.5 Å². The lowest BCUT2D eigenvalue weighted by Crippen LogP contribution is -2.41. The Balaban J connectivity index is 1.27. The minimum Gasteiger partial charge on any atom is -0.493 e. The third kappa shape index (κ3) is 6.89. The van der Waals surface area contributed by atoms with Crippen LogP contribution in [0.25, 0.3) is 6.08 Å². The van der Waals surface area contributed by atoms with Crippen LogP contribution < -0.4 is 20.0 Å². The molecule has 2 aliphatic rings. The zero-order chi connectivity index (χ0) is 30.4. The predicted octanol–water partition coefficient (Wildman–Crippen LogP) is 3.10. The number of aryl methyl sites for hydroxylation is 1. The number of benzene rings is 3. The van der Waals surface area contributed by atoms with Gasteiger partial charge in [0.1, 0.15) is 24.2 Å². The van der Waals surface area contributed by atoms with Crippen LogP contribution in [0.2, 0.25) is 0 Å². The molecule has 0 radical (unpaired) electrons. The first-order valence-corrected chi connectivity index (χ1v) is 14.7. The monoisotopic (exact) mass is 586 g/mol. The first-order chi connectivity index (χ1) is 20.8. The van der Waals surface area contributed by atoms with E-state index in [4.69, 9.17) is 19.2 Å². The number of esters is 1. The van der Waals surface area contributed by atoms with E-state index in [1.807, 2.05) is 49.4 Å². The van der Waals surface area contributed by atoms with Crippen LogP contribution in [-0.2, 0) is 15.1 Å². The molecule has 2 atom stereocenters. The fraction of sp³-hybridized carbons (Fsp3) is 0.382. The number of hydrogen-bond acceptors (Lipinski definition) is 8. The second kappa shape index (κ2) is 13.4. The second-order valence-corrected chi connectivity index (χ2v) is 11.1. The Hall–Kier alpha value is -4.21. The predicted molar refractivity (Wildman–Crippen MR) is 161 cm³/mol. The molecule has 1 fully saturated rings. The van der Waals surface area contributed by atoms with Crippen molar-refractivity contribution in [2.45, 2.75) is 38.3 Å². The van der Waals surface area contributed by atoms with Gasteiger partial charge in [-0.15, -0.1) is 0 Å². The van der Waals surface area contributed by atoms with Gasteiger partial charge in [0, 0.05) is 17.3 Å². The smallest absolute Gasteiger partial charge is 0.342 e. The summed E-state index contributed by atoms with van der Waals surface area (Å²) >= 11 is 0. The highest BCUT2D eigenvalue weighted by Crippen LogP contribution is 2.34. The first-order valence-electron chi connectivity index (χ1n) is 14.7. The number of rotatable bonds is 12. The lowest BCUT2D eigenvalue weighted by atomic mass is 9.87. The number of carbonyl (C=O) groups is 2. The Morgan fingerprint density at radius 2 is 1.77 bits per heavy atom. The van der Waals surface area contributed by atoms with Gasteiger partial charge in [0.05, 0.1) is 24.1 Å². The molecule has 43 heavy (non-hydrogen) atoms. The number of ether oxygens (including phenoxy) is 3. The molecule has 0 bridgehead atoms. The van der Waals surface area contributed by atoms with Crippen LogP contribution in [0.15, 0.2) is 71.7 Å². The lowest BCUT2D eigenvalue weighted by Gasteiger charge is -2.33. The third-order valence-corrected chi connectivity index (χ3v) is 7.91. The van der Waals surface area contributed by atoms with Crippen molar-refractivity contribution < 1.29 is 34.0 Å². The third-order valence-electron chi connectivity index (χ3n) is 7.91. The number of fused-ring (bicyclic) bond motifs is 1. The largest absolute Gasteiger partial charge is 0.493 e. The second-order valence-electron chi connectivity index (χ2n) is 11.1. The molecule has 3 aromatic carbocycles. The van der Waals surface area contributed by atoms with Crippen molar-refractivity contribution in [1.29, 1.82) is 0 Å². The normalized spacial score (nSPS) is 19.0. The van der Waals surface area contributed by atoms with Crippen LogP contribution in [0.1, 0.15) is 41.3 Å². The molecule has 0 spiro atoms. The molecule has 9 heteroatoms. The van der Waals surface area contributed by atoms with Gasteiger partial charge in [-0.3, -0.25) is 4.99 Å². The summed E-state index contributed by atoms with van der Waals surface area (Å²) in [5.74, 6) is -0.00210. The highest BCUT2D eigenvalue weighted by Gasteiger charge is 2.44. The van der Waals surface area contributed by atoms with E-state index in [-0.39, 0.29) is 24.3 Å². The molecular weight excluding hydrogens is 548 g/mol. The van der Waals surface area contributed by atoms with Crippen LogP contribution in [0.3, 0.4) is 0 Å². The summed E-state index contributed by atoms with van der Waals surface area (Å²) in [4.78, 5) is 32.5. The highest BCUT2D eigenvalue weighted by atomic mass is 16.5. The zero-order valence-corrected chi connectivity index (χ0v) is 24.6. The quantitative estimate of drug-likeness (QED) is 0.311. The Labute approximate surface area is 251 Å². The number of likely N-dealkylation sites (tertiary alicyclic amines) is 1. The van der Waals surface area contributed by atoms with E-state index in [9.17, 15) is 19.8 Å². The minimum atomic E-state index is -1.67. The van der Waals surface area contributed by atoms with Gasteiger partial charge in [-0.2, -0.15) is 0 Å². The molecule has 0 aliphatic carbocycles. The van der Waals surface area contributed by atoms with Crippen molar-refractivity contribution in [2.24, 2.45) is 10.9 Å². The van der Waals surface area contributed by atoms with Gasteiger partial charge in [-0.25, -0.2) is 9.59 Å². The number of carboxylic acid groups (broad SMARTS) is 1. The van der Waals surface area contributed by atoms with Gasteiger partial charge in [0.2, 0.25) is 5.54 Å².